The Kier molecular flexibility index (Phi) is 6.29. The lowest BCUT2D eigenvalue weighted by molar-refractivity contribution is 0.0597. The molecule has 0 saturated carbocycles. The summed E-state index contributed by atoms with van der Waals surface area (Å²) in [7, 11) is 0. The number of carbonyl (C=O) groups is 1. The molecule has 0 bridgehead atoms. The number of hydrogen-bond acceptors (Lipinski definition) is 3. The van der Waals surface area contributed by atoms with Crippen molar-refractivity contribution in [2.45, 2.75) is 13.0 Å². The average Bonchev–Trinajstić information content (AvgIpc) is 3.38. The van der Waals surface area contributed by atoms with E-state index < -0.39 is 0 Å². The molecule has 1 fully saturated rings. The molecule has 5 nitrogen and oxygen atoms in total. The molecule has 0 aliphatic carbocycles. The predicted molar refractivity (Wildman–Crippen MR) is 148 cm³/mol. The third-order valence-electron chi connectivity index (χ3n) is 7.24. The number of piperazine rings is 1. The van der Waals surface area contributed by atoms with Crippen LogP contribution in [0.2, 0.25) is 0 Å². The van der Waals surface area contributed by atoms with Crippen LogP contribution in [0, 0.1) is 6.92 Å². The summed E-state index contributed by atoms with van der Waals surface area (Å²) < 4.78 is 0. The van der Waals surface area contributed by atoms with Gasteiger partial charge in [-0.2, -0.15) is 0 Å². The zero-order chi connectivity index (χ0) is 25.2. The van der Waals surface area contributed by atoms with Crippen molar-refractivity contribution in [1.82, 2.24) is 19.8 Å². The summed E-state index contributed by atoms with van der Waals surface area (Å²) >= 11 is 0. The van der Waals surface area contributed by atoms with Gasteiger partial charge >= 0.3 is 0 Å². The van der Waals surface area contributed by atoms with Crippen molar-refractivity contribution in [2.75, 3.05) is 26.2 Å². The molecule has 0 radical (unpaired) electrons. The van der Waals surface area contributed by atoms with E-state index in [1.807, 2.05) is 35.2 Å². The molecule has 0 unspecified atom stereocenters. The van der Waals surface area contributed by atoms with E-state index in [0.29, 0.717) is 18.7 Å². The Bertz CT molecular complexity index is 1460. The van der Waals surface area contributed by atoms with E-state index in [4.69, 9.17) is 4.98 Å². The number of benzene rings is 4. The number of rotatable bonds is 5. The molecular formula is C32H30N4O. The minimum Gasteiger partial charge on any atom is -0.338 e. The molecule has 1 aliphatic rings. The van der Waals surface area contributed by atoms with Gasteiger partial charge in [0.15, 0.2) is 0 Å². The van der Waals surface area contributed by atoms with Crippen molar-refractivity contribution < 1.29 is 4.79 Å². The minimum atomic E-state index is 0.0856. The maximum atomic E-state index is 13.3. The summed E-state index contributed by atoms with van der Waals surface area (Å²) in [6.07, 6.45) is 0. The second kappa shape index (κ2) is 10.0. The van der Waals surface area contributed by atoms with Gasteiger partial charge in [-0.1, -0.05) is 78.9 Å². The topological polar surface area (TPSA) is 52.2 Å². The van der Waals surface area contributed by atoms with Gasteiger partial charge in [-0.25, -0.2) is 4.98 Å². The number of carbonyl (C=O) groups excluding carboxylic acids is 1. The highest BCUT2D eigenvalue weighted by molar-refractivity contribution is 5.94. The van der Waals surface area contributed by atoms with Crippen molar-refractivity contribution in [3.8, 4) is 11.4 Å². The van der Waals surface area contributed by atoms with E-state index in [-0.39, 0.29) is 11.9 Å². The highest BCUT2D eigenvalue weighted by Crippen LogP contribution is 2.30. The zero-order valence-electron chi connectivity index (χ0n) is 21.0. The van der Waals surface area contributed by atoms with Gasteiger partial charge in [0.2, 0.25) is 0 Å². The van der Waals surface area contributed by atoms with Crippen molar-refractivity contribution in [3.05, 3.63) is 125 Å². The molecule has 37 heavy (non-hydrogen) atoms. The molecule has 4 aromatic carbocycles. The molecule has 2 heterocycles. The fourth-order valence-corrected chi connectivity index (χ4v) is 5.28. The van der Waals surface area contributed by atoms with E-state index in [2.05, 4.69) is 89.6 Å². The molecule has 5 heteroatoms. The van der Waals surface area contributed by atoms with Crippen LogP contribution in [0.5, 0.6) is 0 Å². The Balaban J connectivity index is 1.15. The molecule has 184 valence electrons. The Morgan fingerprint density at radius 3 is 2.03 bits per heavy atom. The molecule has 1 amide bonds. The van der Waals surface area contributed by atoms with E-state index in [1.54, 1.807) is 0 Å². The molecule has 1 aromatic heterocycles. The van der Waals surface area contributed by atoms with E-state index in [0.717, 1.165) is 35.5 Å². The highest BCUT2D eigenvalue weighted by atomic mass is 16.2. The van der Waals surface area contributed by atoms with Gasteiger partial charge < -0.3 is 9.88 Å². The van der Waals surface area contributed by atoms with Gasteiger partial charge in [0.1, 0.15) is 5.82 Å². The molecule has 0 spiro atoms. The molecule has 0 atom stereocenters. The lowest BCUT2D eigenvalue weighted by Gasteiger charge is -2.39. The number of aryl methyl sites for hydroxylation is 1. The van der Waals surface area contributed by atoms with E-state index >= 15 is 0 Å². The van der Waals surface area contributed by atoms with Gasteiger partial charge in [-0.05, 0) is 47.9 Å². The van der Waals surface area contributed by atoms with Crippen molar-refractivity contribution in [2.24, 2.45) is 0 Å². The third kappa shape index (κ3) is 4.78. The van der Waals surface area contributed by atoms with E-state index in [9.17, 15) is 4.79 Å². The van der Waals surface area contributed by atoms with Crippen molar-refractivity contribution in [1.29, 1.82) is 0 Å². The summed E-state index contributed by atoms with van der Waals surface area (Å²) in [5.74, 6) is 0.906. The number of hydrogen-bond donors (Lipinski definition) is 1. The summed E-state index contributed by atoms with van der Waals surface area (Å²) in [5.41, 5.74) is 7.42. The van der Waals surface area contributed by atoms with Crippen molar-refractivity contribution >= 4 is 16.9 Å². The normalized spacial score (nSPS) is 14.4. The fraction of sp³-hybridized carbons (Fsp3) is 0.188. The second-order valence-corrected chi connectivity index (χ2v) is 9.74. The van der Waals surface area contributed by atoms with Crippen LogP contribution in [0.4, 0.5) is 0 Å². The number of nitrogens with zero attached hydrogens (tertiary/aromatic N) is 3. The smallest absolute Gasteiger partial charge is 0.253 e. The van der Waals surface area contributed by atoms with Crippen LogP contribution in [-0.4, -0.2) is 51.9 Å². The maximum absolute atomic E-state index is 13.3. The molecule has 5 aromatic rings. The lowest BCUT2D eigenvalue weighted by atomic mass is 9.96. The number of H-pyrrole nitrogens is 1. The fourth-order valence-electron chi connectivity index (χ4n) is 5.28. The summed E-state index contributed by atoms with van der Waals surface area (Å²) in [4.78, 5) is 25.9. The predicted octanol–water partition coefficient (Wildman–Crippen LogP) is 6.09. The largest absolute Gasteiger partial charge is 0.338 e. The van der Waals surface area contributed by atoms with Gasteiger partial charge in [0.05, 0.1) is 17.1 Å². The zero-order valence-corrected chi connectivity index (χ0v) is 21.0. The summed E-state index contributed by atoms with van der Waals surface area (Å²) in [6, 6.07) is 35.5. The first-order valence-electron chi connectivity index (χ1n) is 12.9. The van der Waals surface area contributed by atoms with Crippen LogP contribution in [0.1, 0.15) is 33.1 Å². The SMILES string of the molecule is Cc1ccc2nc(-c3ccc(C(=O)N4CCN(C(c5ccccc5)c5ccccc5)CC4)cc3)[nH]c2c1. The van der Waals surface area contributed by atoms with Gasteiger partial charge in [0, 0.05) is 37.3 Å². The van der Waals surface area contributed by atoms with Crippen molar-refractivity contribution in [3.63, 3.8) is 0 Å². The number of amides is 1. The Labute approximate surface area is 217 Å². The number of fused-ring (bicyclic) bond motifs is 1. The van der Waals surface area contributed by atoms with Crippen LogP contribution >= 0.6 is 0 Å². The lowest BCUT2D eigenvalue weighted by Crippen LogP contribution is -2.49. The van der Waals surface area contributed by atoms with Gasteiger partial charge in [-0.3, -0.25) is 9.69 Å². The van der Waals surface area contributed by atoms with Crippen LogP contribution in [-0.2, 0) is 0 Å². The van der Waals surface area contributed by atoms with Crippen LogP contribution in [0.3, 0.4) is 0 Å². The number of aromatic nitrogens is 2. The monoisotopic (exact) mass is 486 g/mol. The third-order valence-corrected chi connectivity index (χ3v) is 7.24. The Morgan fingerprint density at radius 1 is 0.784 bits per heavy atom. The summed E-state index contributed by atoms with van der Waals surface area (Å²) in [5, 5.41) is 0. The molecule has 6 rings (SSSR count). The molecule has 1 N–H and O–H groups in total. The first-order valence-corrected chi connectivity index (χ1v) is 12.9. The van der Waals surface area contributed by atoms with Gasteiger partial charge in [0.25, 0.3) is 5.91 Å². The Hall–Kier alpha value is -4.22. The summed E-state index contributed by atoms with van der Waals surface area (Å²) in [6.45, 7) is 5.15. The average molecular weight is 487 g/mol. The standard InChI is InChI=1S/C32H30N4O/c1-23-12-17-28-29(22-23)34-31(33-28)26-13-15-27(16-14-26)32(37)36-20-18-35(19-21-36)30(24-8-4-2-5-9-24)25-10-6-3-7-11-25/h2-17,22,30H,18-21H2,1H3,(H,33,34). The molecular weight excluding hydrogens is 456 g/mol. The number of imidazole rings is 1. The Morgan fingerprint density at radius 2 is 1.41 bits per heavy atom. The van der Waals surface area contributed by atoms with Gasteiger partial charge in [-0.15, -0.1) is 0 Å². The van der Waals surface area contributed by atoms with E-state index in [1.165, 1.54) is 16.7 Å². The van der Waals surface area contributed by atoms with Crippen LogP contribution in [0.15, 0.2) is 103 Å². The maximum Gasteiger partial charge on any atom is 0.253 e. The van der Waals surface area contributed by atoms with Crippen LogP contribution < -0.4 is 0 Å². The first kappa shape index (κ1) is 23.2. The number of nitrogens with one attached hydrogen (secondary N) is 1. The molecule has 1 saturated heterocycles. The quantitative estimate of drug-likeness (QED) is 0.327. The second-order valence-electron chi connectivity index (χ2n) is 9.74. The molecule has 1 aliphatic heterocycles. The first-order chi connectivity index (χ1) is 18.2. The van der Waals surface area contributed by atoms with Crippen LogP contribution in [0.25, 0.3) is 22.4 Å². The minimum absolute atomic E-state index is 0.0856. The highest BCUT2D eigenvalue weighted by Gasteiger charge is 2.28. The number of aromatic amines is 1.